The normalized spacial score (nSPS) is 19.4. The zero-order valence-corrected chi connectivity index (χ0v) is 7.98. The second-order valence-corrected chi connectivity index (χ2v) is 3.58. The minimum absolute atomic E-state index is 0.303. The van der Waals surface area contributed by atoms with Gasteiger partial charge >= 0.3 is 0 Å². The van der Waals surface area contributed by atoms with Gasteiger partial charge in [0.1, 0.15) is 5.54 Å². The molecule has 1 amide bonds. The smallest absolute Gasteiger partial charge is 0.243 e. The minimum atomic E-state index is -0.518. The summed E-state index contributed by atoms with van der Waals surface area (Å²) in [5.74, 6) is -0.303. The van der Waals surface area contributed by atoms with Crippen LogP contribution in [0.2, 0.25) is 0 Å². The van der Waals surface area contributed by atoms with E-state index in [1.165, 1.54) is 0 Å². The van der Waals surface area contributed by atoms with Crippen molar-refractivity contribution in [3.8, 4) is 0 Å². The highest BCUT2D eigenvalue weighted by Crippen LogP contribution is 2.35. The Balaban J connectivity index is 2.59. The van der Waals surface area contributed by atoms with E-state index in [1.54, 1.807) is 13.0 Å². The van der Waals surface area contributed by atoms with Crippen molar-refractivity contribution < 1.29 is 4.79 Å². The molecule has 0 radical (unpaired) electrons. The number of hydrogen-bond donors (Lipinski definition) is 3. The van der Waals surface area contributed by atoms with Gasteiger partial charge < -0.3 is 16.5 Å². The fourth-order valence-corrected chi connectivity index (χ4v) is 1.30. The molecule has 1 aliphatic carbocycles. The molecule has 13 heavy (non-hydrogen) atoms. The number of carbonyl (C=O) groups is 1. The van der Waals surface area contributed by atoms with Crippen LogP contribution in [-0.4, -0.2) is 17.2 Å². The first-order chi connectivity index (χ1) is 5.96. The Morgan fingerprint density at radius 3 is 2.38 bits per heavy atom. The minimum Gasteiger partial charge on any atom is -0.375 e. The molecule has 0 unspecified atom stereocenters. The zero-order chi connectivity index (χ0) is 10.1. The lowest BCUT2D eigenvalue weighted by atomic mass is 10.2. The van der Waals surface area contributed by atoms with Gasteiger partial charge in [-0.05, 0) is 32.8 Å². The van der Waals surface area contributed by atoms with Gasteiger partial charge in [-0.25, -0.2) is 0 Å². The standard InChI is InChI=1S/C9H15N3O/c1-6(10)5-7(2)12-9(3-4-9)8(11)13/h5,10,12H,3-4H2,1-2H3,(H2,11,13)/b7-5-,10-6?. The molecule has 4 N–H and O–H groups in total. The number of primary amides is 1. The van der Waals surface area contributed by atoms with Crippen molar-refractivity contribution in [3.63, 3.8) is 0 Å². The van der Waals surface area contributed by atoms with Gasteiger partial charge in [0.05, 0.1) is 0 Å². The van der Waals surface area contributed by atoms with Crippen LogP contribution < -0.4 is 11.1 Å². The van der Waals surface area contributed by atoms with Gasteiger partial charge in [0.25, 0.3) is 0 Å². The van der Waals surface area contributed by atoms with Gasteiger partial charge in [-0.15, -0.1) is 0 Å². The van der Waals surface area contributed by atoms with Crippen molar-refractivity contribution >= 4 is 11.6 Å². The number of amides is 1. The molecule has 0 bridgehead atoms. The first-order valence-corrected chi connectivity index (χ1v) is 4.28. The summed E-state index contributed by atoms with van der Waals surface area (Å²) in [4.78, 5) is 11.0. The van der Waals surface area contributed by atoms with Crippen LogP contribution in [0.15, 0.2) is 11.8 Å². The van der Waals surface area contributed by atoms with Crippen LogP contribution in [0.4, 0.5) is 0 Å². The summed E-state index contributed by atoms with van der Waals surface area (Å²) in [6.45, 7) is 3.52. The molecule has 0 aromatic carbocycles. The van der Waals surface area contributed by atoms with E-state index in [1.807, 2.05) is 6.92 Å². The Hall–Kier alpha value is -1.32. The SMILES string of the molecule is CC(=N)/C=C(/C)NC1(C(N)=O)CC1. The van der Waals surface area contributed by atoms with E-state index in [0.29, 0.717) is 5.71 Å². The Morgan fingerprint density at radius 1 is 1.54 bits per heavy atom. The Kier molecular flexibility index (Phi) is 2.40. The third kappa shape index (κ3) is 2.31. The first kappa shape index (κ1) is 9.77. The van der Waals surface area contributed by atoms with E-state index >= 15 is 0 Å². The molecule has 4 nitrogen and oxygen atoms in total. The van der Waals surface area contributed by atoms with E-state index in [2.05, 4.69) is 5.32 Å². The number of hydrogen-bond acceptors (Lipinski definition) is 3. The maximum Gasteiger partial charge on any atom is 0.243 e. The average molecular weight is 181 g/mol. The maximum absolute atomic E-state index is 11.0. The van der Waals surface area contributed by atoms with E-state index < -0.39 is 5.54 Å². The third-order valence-corrected chi connectivity index (χ3v) is 2.09. The fourth-order valence-electron chi connectivity index (χ4n) is 1.30. The molecule has 0 heterocycles. The molecule has 0 spiro atoms. The second kappa shape index (κ2) is 3.20. The fraction of sp³-hybridized carbons (Fsp3) is 0.556. The molecule has 0 aromatic heterocycles. The third-order valence-electron chi connectivity index (χ3n) is 2.09. The molecule has 72 valence electrons. The van der Waals surface area contributed by atoms with Gasteiger partial charge in [-0.2, -0.15) is 0 Å². The molecule has 0 saturated heterocycles. The Labute approximate surface area is 77.7 Å². The lowest BCUT2D eigenvalue weighted by Gasteiger charge is -2.14. The Bertz CT molecular complexity index is 277. The number of nitrogens with two attached hydrogens (primary N) is 1. The molecule has 1 aliphatic rings. The summed E-state index contributed by atoms with van der Waals surface area (Å²) < 4.78 is 0. The number of allylic oxidation sites excluding steroid dienone is 2. The van der Waals surface area contributed by atoms with Crippen LogP contribution in [0.1, 0.15) is 26.7 Å². The molecule has 1 saturated carbocycles. The topological polar surface area (TPSA) is 79.0 Å². The largest absolute Gasteiger partial charge is 0.375 e. The molecule has 1 fully saturated rings. The van der Waals surface area contributed by atoms with Crippen molar-refractivity contribution in [2.75, 3.05) is 0 Å². The number of carbonyl (C=O) groups excluding carboxylic acids is 1. The molecule has 1 rings (SSSR count). The molecular weight excluding hydrogens is 166 g/mol. The molecule has 4 heteroatoms. The van der Waals surface area contributed by atoms with Crippen LogP contribution >= 0.6 is 0 Å². The highest BCUT2D eigenvalue weighted by molar-refractivity contribution is 5.91. The summed E-state index contributed by atoms with van der Waals surface area (Å²) in [6.07, 6.45) is 3.28. The zero-order valence-electron chi connectivity index (χ0n) is 7.98. The second-order valence-electron chi connectivity index (χ2n) is 3.58. The molecule has 0 aromatic rings. The lowest BCUT2D eigenvalue weighted by Crippen LogP contribution is -2.42. The number of rotatable bonds is 4. The van der Waals surface area contributed by atoms with Gasteiger partial charge in [-0.3, -0.25) is 4.79 Å². The van der Waals surface area contributed by atoms with Crippen LogP contribution in [-0.2, 0) is 4.79 Å². The van der Waals surface area contributed by atoms with Crippen LogP contribution in [0.5, 0.6) is 0 Å². The summed E-state index contributed by atoms with van der Waals surface area (Å²) in [7, 11) is 0. The molecular formula is C9H15N3O. The van der Waals surface area contributed by atoms with E-state index in [0.717, 1.165) is 18.5 Å². The van der Waals surface area contributed by atoms with Gasteiger partial charge in [0.15, 0.2) is 0 Å². The summed E-state index contributed by atoms with van der Waals surface area (Å²) in [5, 5.41) is 10.3. The van der Waals surface area contributed by atoms with Crippen molar-refractivity contribution in [2.24, 2.45) is 5.73 Å². The van der Waals surface area contributed by atoms with E-state index in [4.69, 9.17) is 11.1 Å². The van der Waals surface area contributed by atoms with E-state index in [-0.39, 0.29) is 5.91 Å². The molecule has 0 aliphatic heterocycles. The highest BCUT2D eigenvalue weighted by Gasteiger charge is 2.48. The van der Waals surface area contributed by atoms with Crippen LogP contribution in [0.25, 0.3) is 0 Å². The predicted octanol–water partition coefficient (Wildman–Crippen LogP) is 0.537. The quantitative estimate of drug-likeness (QED) is 0.553. The predicted molar refractivity (Wildman–Crippen MR) is 51.5 cm³/mol. The van der Waals surface area contributed by atoms with Crippen molar-refractivity contribution in [2.45, 2.75) is 32.2 Å². The lowest BCUT2D eigenvalue weighted by molar-refractivity contribution is -0.120. The summed E-state index contributed by atoms with van der Waals surface area (Å²) >= 11 is 0. The van der Waals surface area contributed by atoms with Crippen molar-refractivity contribution in [3.05, 3.63) is 11.8 Å². The molecule has 0 atom stereocenters. The Morgan fingerprint density at radius 2 is 2.08 bits per heavy atom. The van der Waals surface area contributed by atoms with Crippen LogP contribution in [0.3, 0.4) is 0 Å². The van der Waals surface area contributed by atoms with E-state index in [9.17, 15) is 4.79 Å². The monoisotopic (exact) mass is 181 g/mol. The highest BCUT2D eigenvalue weighted by atomic mass is 16.1. The van der Waals surface area contributed by atoms with Gasteiger partial charge in [0.2, 0.25) is 5.91 Å². The van der Waals surface area contributed by atoms with Gasteiger partial charge in [-0.1, -0.05) is 0 Å². The van der Waals surface area contributed by atoms with Crippen molar-refractivity contribution in [1.29, 1.82) is 5.41 Å². The maximum atomic E-state index is 11.0. The summed E-state index contributed by atoms with van der Waals surface area (Å²) in [5.41, 5.74) is 6.00. The van der Waals surface area contributed by atoms with Crippen molar-refractivity contribution in [1.82, 2.24) is 5.32 Å². The summed E-state index contributed by atoms with van der Waals surface area (Å²) in [6, 6.07) is 0. The number of nitrogens with one attached hydrogen (secondary N) is 2. The van der Waals surface area contributed by atoms with Gasteiger partial charge in [0, 0.05) is 11.4 Å². The van der Waals surface area contributed by atoms with Crippen LogP contribution in [0, 0.1) is 5.41 Å². The first-order valence-electron chi connectivity index (χ1n) is 4.28. The average Bonchev–Trinajstić information content (AvgIpc) is 2.66.